The average Bonchev–Trinajstić information content (AvgIpc) is 3.05. The predicted octanol–water partition coefficient (Wildman–Crippen LogP) is 1.57. The van der Waals surface area contributed by atoms with Crippen molar-refractivity contribution < 1.29 is 14.3 Å². The van der Waals surface area contributed by atoms with Gasteiger partial charge in [0.05, 0.1) is 12.3 Å². The van der Waals surface area contributed by atoms with E-state index in [9.17, 15) is 9.59 Å². The van der Waals surface area contributed by atoms with Crippen molar-refractivity contribution in [2.24, 2.45) is 0 Å². The summed E-state index contributed by atoms with van der Waals surface area (Å²) in [5, 5.41) is 0. The smallest absolute Gasteiger partial charge is 0.328 e. The van der Waals surface area contributed by atoms with Crippen LogP contribution in [0.5, 0.6) is 0 Å². The molecule has 2 aliphatic rings. The zero-order valence-electron chi connectivity index (χ0n) is 12.2. The number of nitrogen functional groups attached to an aromatic ring is 1. The lowest BCUT2D eigenvalue weighted by Gasteiger charge is -2.23. The molecule has 0 aromatic carbocycles. The highest BCUT2D eigenvalue weighted by Crippen LogP contribution is 2.37. The van der Waals surface area contributed by atoms with E-state index < -0.39 is 6.04 Å². The Kier molecular flexibility index (Phi) is 3.61. The summed E-state index contributed by atoms with van der Waals surface area (Å²) in [6.07, 6.45) is 5.48. The number of amides is 1. The predicted molar refractivity (Wildman–Crippen MR) is 77.8 cm³/mol. The SMILES string of the molecule is CCOC(=O)C1CCCN1C(=O)c1cc(N)cn1C1CC1. The van der Waals surface area contributed by atoms with E-state index in [1.165, 1.54) is 0 Å². The molecule has 1 aromatic heterocycles. The zero-order chi connectivity index (χ0) is 15.0. The van der Waals surface area contributed by atoms with Gasteiger partial charge in [0.1, 0.15) is 11.7 Å². The van der Waals surface area contributed by atoms with Crippen LogP contribution in [0.3, 0.4) is 0 Å². The van der Waals surface area contributed by atoms with Gasteiger partial charge in [-0.05, 0) is 38.7 Å². The summed E-state index contributed by atoms with van der Waals surface area (Å²) >= 11 is 0. The second-order valence-corrected chi connectivity index (χ2v) is 5.71. The summed E-state index contributed by atoms with van der Waals surface area (Å²) in [5.74, 6) is -0.421. The van der Waals surface area contributed by atoms with Crippen LogP contribution in [0.15, 0.2) is 12.3 Å². The second-order valence-electron chi connectivity index (χ2n) is 5.71. The van der Waals surface area contributed by atoms with Crippen LogP contribution in [0, 0.1) is 0 Å². The van der Waals surface area contributed by atoms with Gasteiger partial charge < -0.3 is 19.9 Å². The number of nitrogens with two attached hydrogens (primary N) is 1. The summed E-state index contributed by atoms with van der Waals surface area (Å²) in [4.78, 5) is 26.4. The largest absolute Gasteiger partial charge is 0.464 e. The second kappa shape index (κ2) is 5.42. The lowest BCUT2D eigenvalue weighted by Crippen LogP contribution is -2.42. The zero-order valence-corrected chi connectivity index (χ0v) is 12.2. The Bertz CT molecular complexity index is 563. The minimum Gasteiger partial charge on any atom is -0.464 e. The third kappa shape index (κ3) is 2.62. The molecule has 6 heteroatoms. The molecule has 1 amide bonds. The molecule has 2 heterocycles. The molecule has 1 aromatic rings. The van der Waals surface area contributed by atoms with Crippen molar-refractivity contribution in [1.82, 2.24) is 9.47 Å². The first-order chi connectivity index (χ1) is 10.1. The van der Waals surface area contributed by atoms with E-state index in [0.717, 1.165) is 19.3 Å². The van der Waals surface area contributed by atoms with E-state index >= 15 is 0 Å². The van der Waals surface area contributed by atoms with E-state index in [2.05, 4.69) is 0 Å². The standard InChI is InChI=1S/C15H21N3O3/c1-2-21-15(20)12-4-3-7-17(12)14(19)13-8-10(16)9-18(13)11-5-6-11/h8-9,11-12H,2-7,16H2,1H3. The maximum Gasteiger partial charge on any atom is 0.328 e. The van der Waals surface area contributed by atoms with E-state index in [4.69, 9.17) is 10.5 Å². The van der Waals surface area contributed by atoms with Crippen molar-refractivity contribution in [3.8, 4) is 0 Å². The van der Waals surface area contributed by atoms with Crippen molar-refractivity contribution in [3.05, 3.63) is 18.0 Å². The quantitative estimate of drug-likeness (QED) is 0.854. The van der Waals surface area contributed by atoms with Crippen LogP contribution in [-0.4, -0.2) is 40.5 Å². The summed E-state index contributed by atoms with van der Waals surface area (Å²) in [6, 6.07) is 1.63. The number of esters is 1. The van der Waals surface area contributed by atoms with E-state index in [1.54, 1.807) is 17.9 Å². The van der Waals surface area contributed by atoms with Crippen LogP contribution in [0.4, 0.5) is 5.69 Å². The molecule has 0 radical (unpaired) electrons. The topological polar surface area (TPSA) is 77.6 Å². The van der Waals surface area contributed by atoms with Gasteiger partial charge in [0.15, 0.2) is 0 Å². The molecule has 6 nitrogen and oxygen atoms in total. The van der Waals surface area contributed by atoms with Crippen LogP contribution in [0.2, 0.25) is 0 Å². The summed E-state index contributed by atoms with van der Waals surface area (Å²) in [6.45, 7) is 2.71. The highest BCUT2D eigenvalue weighted by atomic mass is 16.5. The number of carbonyl (C=O) groups is 2. The van der Waals surface area contributed by atoms with Gasteiger partial charge in [0.25, 0.3) is 5.91 Å². The molecule has 1 atom stereocenters. The Hall–Kier alpha value is -1.98. The number of ether oxygens (including phenoxy) is 1. The molecule has 2 fully saturated rings. The third-order valence-electron chi connectivity index (χ3n) is 4.10. The van der Waals surface area contributed by atoms with Gasteiger partial charge in [-0.3, -0.25) is 4.79 Å². The third-order valence-corrected chi connectivity index (χ3v) is 4.10. The van der Waals surface area contributed by atoms with E-state index in [0.29, 0.717) is 37.0 Å². The molecule has 1 aliphatic heterocycles. The highest BCUT2D eigenvalue weighted by Gasteiger charge is 2.38. The van der Waals surface area contributed by atoms with Crippen molar-refractivity contribution in [2.45, 2.75) is 44.7 Å². The monoisotopic (exact) mass is 291 g/mol. The molecule has 0 bridgehead atoms. The van der Waals surface area contributed by atoms with Gasteiger partial charge in [0.2, 0.25) is 0 Å². The fourth-order valence-electron chi connectivity index (χ4n) is 2.97. The molecule has 1 aliphatic carbocycles. The molecule has 21 heavy (non-hydrogen) atoms. The number of carbonyl (C=O) groups excluding carboxylic acids is 2. The van der Waals surface area contributed by atoms with Crippen molar-refractivity contribution >= 4 is 17.6 Å². The first-order valence-corrected chi connectivity index (χ1v) is 7.56. The fraction of sp³-hybridized carbons (Fsp3) is 0.600. The van der Waals surface area contributed by atoms with Gasteiger partial charge in [-0.2, -0.15) is 0 Å². The number of anilines is 1. The summed E-state index contributed by atoms with van der Waals surface area (Å²) < 4.78 is 7.03. The van der Waals surface area contributed by atoms with E-state index in [1.807, 2.05) is 10.8 Å². The molecule has 1 saturated heterocycles. The van der Waals surface area contributed by atoms with Gasteiger partial charge >= 0.3 is 5.97 Å². The van der Waals surface area contributed by atoms with Crippen LogP contribution < -0.4 is 5.73 Å². The van der Waals surface area contributed by atoms with Gasteiger partial charge in [-0.1, -0.05) is 0 Å². The van der Waals surface area contributed by atoms with Crippen LogP contribution >= 0.6 is 0 Å². The molecule has 3 rings (SSSR count). The molecule has 1 unspecified atom stereocenters. The maximum atomic E-state index is 12.8. The molecule has 1 saturated carbocycles. The highest BCUT2D eigenvalue weighted by molar-refractivity contribution is 5.97. The molecular formula is C15H21N3O3. The Morgan fingerprint density at radius 2 is 2.14 bits per heavy atom. The Labute approximate surface area is 123 Å². The number of aromatic nitrogens is 1. The molecule has 0 spiro atoms. The van der Waals surface area contributed by atoms with Crippen molar-refractivity contribution in [2.75, 3.05) is 18.9 Å². The van der Waals surface area contributed by atoms with Crippen LogP contribution in [0.25, 0.3) is 0 Å². The lowest BCUT2D eigenvalue weighted by atomic mass is 10.2. The molecule has 2 N–H and O–H groups in total. The Morgan fingerprint density at radius 1 is 1.38 bits per heavy atom. The van der Waals surface area contributed by atoms with Crippen molar-refractivity contribution in [3.63, 3.8) is 0 Å². The van der Waals surface area contributed by atoms with Gasteiger partial charge in [0, 0.05) is 18.8 Å². The number of nitrogens with zero attached hydrogens (tertiary/aromatic N) is 2. The number of hydrogen-bond donors (Lipinski definition) is 1. The number of hydrogen-bond acceptors (Lipinski definition) is 4. The summed E-state index contributed by atoms with van der Waals surface area (Å²) in [7, 11) is 0. The van der Waals surface area contributed by atoms with Crippen LogP contribution in [0.1, 0.15) is 49.1 Å². The first kappa shape index (κ1) is 14.0. The normalized spacial score (nSPS) is 21.6. The lowest BCUT2D eigenvalue weighted by molar-refractivity contribution is -0.147. The molecular weight excluding hydrogens is 270 g/mol. The maximum absolute atomic E-state index is 12.8. The van der Waals surface area contributed by atoms with Gasteiger partial charge in [-0.25, -0.2) is 4.79 Å². The molecule has 114 valence electrons. The minimum atomic E-state index is -0.457. The van der Waals surface area contributed by atoms with E-state index in [-0.39, 0.29) is 11.9 Å². The average molecular weight is 291 g/mol. The Balaban J connectivity index is 1.82. The first-order valence-electron chi connectivity index (χ1n) is 7.56. The Morgan fingerprint density at radius 3 is 2.81 bits per heavy atom. The van der Waals surface area contributed by atoms with Crippen LogP contribution in [-0.2, 0) is 9.53 Å². The van der Waals surface area contributed by atoms with Gasteiger partial charge in [-0.15, -0.1) is 0 Å². The fourth-order valence-corrected chi connectivity index (χ4v) is 2.97. The number of rotatable bonds is 4. The minimum absolute atomic E-state index is 0.117. The summed E-state index contributed by atoms with van der Waals surface area (Å²) in [5.41, 5.74) is 7.02. The van der Waals surface area contributed by atoms with Crippen molar-refractivity contribution in [1.29, 1.82) is 0 Å². The number of likely N-dealkylation sites (tertiary alicyclic amines) is 1.